The summed E-state index contributed by atoms with van der Waals surface area (Å²) in [6, 6.07) is 3.42. The van der Waals surface area contributed by atoms with Crippen LogP contribution in [0.2, 0.25) is 0 Å². The third kappa shape index (κ3) is 3.13. The molecule has 17 heavy (non-hydrogen) atoms. The van der Waals surface area contributed by atoms with Crippen molar-refractivity contribution < 1.29 is 9.66 Å². The van der Waals surface area contributed by atoms with Crippen LogP contribution < -0.4 is 5.32 Å². The van der Waals surface area contributed by atoms with Gasteiger partial charge in [-0.05, 0) is 25.8 Å². The van der Waals surface area contributed by atoms with Crippen LogP contribution in [0, 0.1) is 10.1 Å². The van der Waals surface area contributed by atoms with Crippen molar-refractivity contribution in [1.82, 2.24) is 4.98 Å². The Labute approximate surface area is 99.2 Å². The van der Waals surface area contributed by atoms with E-state index in [4.69, 9.17) is 4.74 Å². The van der Waals surface area contributed by atoms with E-state index < -0.39 is 4.92 Å². The smallest absolute Gasteiger partial charge is 0.287 e. The predicted octanol–water partition coefficient (Wildman–Crippen LogP) is 1.97. The molecule has 1 aliphatic rings. The number of hydrogen-bond acceptors (Lipinski definition) is 5. The Morgan fingerprint density at radius 2 is 2.41 bits per heavy atom. The summed E-state index contributed by atoms with van der Waals surface area (Å²) >= 11 is 0. The molecular weight excluding hydrogens is 222 g/mol. The Hall–Kier alpha value is -1.69. The zero-order valence-electron chi connectivity index (χ0n) is 9.63. The number of nitrogens with zero attached hydrogens (tertiary/aromatic N) is 2. The van der Waals surface area contributed by atoms with Gasteiger partial charge in [-0.15, -0.1) is 0 Å². The van der Waals surface area contributed by atoms with Crippen LogP contribution >= 0.6 is 0 Å². The highest BCUT2D eigenvalue weighted by molar-refractivity contribution is 5.40. The summed E-state index contributed by atoms with van der Waals surface area (Å²) in [5.74, 6) is 0.676. The molecule has 2 atom stereocenters. The Kier molecular flexibility index (Phi) is 3.53. The first-order valence-corrected chi connectivity index (χ1v) is 5.64. The van der Waals surface area contributed by atoms with E-state index in [1.54, 1.807) is 6.07 Å². The Balaban J connectivity index is 1.96. The quantitative estimate of drug-likeness (QED) is 0.642. The molecule has 0 aromatic carbocycles. The largest absolute Gasteiger partial charge is 0.378 e. The second-order valence-corrected chi connectivity index (χ2v) is 4.21. The Morgan fingerprint density at radius 1 is 1.59 bits per heavy atom. The van der Waals surface area contributed by atoms with Gasteiger partial charge in [-0.2, -0.15) is 0 Å². The summed E-state index contributed by atoms with van der Waals surface area (Å²) in [6.45, 7) is 2.78. The number of nitrogens with one attached hydrogen (secondary N) is 1. The summed E-state index contributed by atoms with van der Waals surface area (Å²) < 4.78 is 5.45. The normalized spacial score (nSPS) is 24.3. The monoisotopic (exact) mass is 237 g/mol. The number of aromatic nitrogens is 1. The summed E-state index contributed by atoms with van der Waals surface area (Å²) in [4.78, 5) is 14.0. The lowest BCUT2D eigenvalue weighted by Gasteiger charge is -2.28. The second kappa shape index (κ2) is 5.09. The lowest BCUT2D eigenvalue weighted by atomic mass is 10.0. The van der Waals surface area contributed by atoms with Crippen molar-refractivity contribution >= 4 is 11.5 Å². The topological polar surface area (TPSA) is 77.3 Å². The highest BCUT2D eigenvalue weighted by atomic mass is 16.6. The van der Waals surface area contributed by atoms with Crippen LogP contribution in [0.1, 0.15) is 19.8 Å². The van der Waals surface area contributed by atoms with Crippen LogP contribution in [-0.2, 0) is 4.74 Å². The molecular formula is C11H15N3O3. The fourth-order valence-electron chi connectivity index (χ4n) is 1.92. The van der Waals surface area contributed by atoms with Gasteiger partial charge in [-0.1, -0.05) is 0 Å². The van der Waals surface area contributed by atoms with Gasteiger partial charge in [0.2, 0.25) is 0 Å². The zero-order valence-corrected chi connectivity index (χ0v) is 9.63. The number of hydrogen-bond donors (Lipinski definition) is 1. The molecule has 2 unspecified atom stereocenters. The van der Waals surface area contributed by atoms with E-state index in [1.165, 1.54) is 12.3 Å². The van der Waals surface area contributed by atoms with E-state index in [9.17, 15) is 10.1 Å². The van der Waals surface area contributed by atoms with Crippen molar-refractivity contribution in [3.8, 4) is 0 Å². The fourth-order valence-corrected chi connectivity index (χ4v) is 1.92. The van der Waals surface area contributed by atoms with Crippen molar-refractivity contribution in [1.29, 1.82) is 0 Å². The SMILES string of the molecule is CC1CC(Nc2ccc([N+](=O)[O-])cn2)CCO1. The summed E-state index contributed by atoms with van der Waals surface area (Å²) in [6.07, 6.45) is 3.38. The zero-order chi connectivity index (χ0) is 12.3. The number of nitro groups is 1. The lowest BCUT2D eigenvalue weighted by molar-refractivity contribution is -0.385. The minimum Gasteiger partial charge on any atom is -0.378 e. The molecule has 92 valence electrons. The average Bonchev–Trinajstić information content (AvgIpc) is 2.29. The van der Waals surface area contributed by atoms with Gasteiger partial charge in [-0.25, -0.2) is 4.98 Å². The molecule has 6 heteroatoms. The number of anilines is 1. The maximum atomic E-state index is 10.5. The molecule has 1 N–H and O–H groups in total. The third-order valence-corrected chi connectivity index (χ3v) is 2.80. The molecule has 0 radical (unpaired) electrons. The van der Waals surface area contributed by atoms with Gasteiger partial charge in [0, 0.05) is 18.7 Å². The highest BCUT2D eigenvalue weighted by Gasteiger charge is 2.19. The van der Waals surface area contributed by atoms with Crippen LogP contribution in [0.25, 0.3) is 0 Å². The van der Waals surface area contributed by atoms with Crippen LogP contribution in [0.15, 0.2) is 18.3 Å². The summed E-state index contributed by atoms with van der Waals surface area (Å²) in [5, 5.41) is 13.7. The van der Waals surface area contributed by atoms with Gasteiger partial charge in [0.15, 0.2) is 0 Å². The van der Waals surface area contributed by atoms with E-state index in [-0.39, 0.29) is 11.8 Å². The van der Waals surface area contributed by atoms with Gasteiger partial charge >= 0.3 is 0 Å². The van der Waals surface area contributed by atoms with Crippen molar-refractivity contribution in [2.24, 2.45) is 0 Å². The molecule has 1 aliphatic heterocycles. The molecule has 2 heterocycles. The molecule has 0 bridgehead atoms. The van der Waals surface area contributed by atoms with Gasteiger partial charge in [0.1, 0.15) is 12.0 Å². The first-order valence-electron chi connectivity index (χ1n) is 5.64. The van der Waals surface area contributed by atoms with Crippen LogP contribution in [0.5, 0.6) is 0 Å². The van der Waals surface area contributed by atoms with Crippen molar-refractivity contribution in [2.75, 3.05) is 11.9 Å². The molecule has 0 aliphatic carbocycles. The summed E-state index contributed by atoms with van der Waals surface area (Å²) in [5.41, 5.74) is 0.0101. The molecule has 2 rings (SSSR count). The maximum Gasteiger partial charge on any atom is 0.287 e. The number of ether oxygens (including phenoxy) is 1. The van der Waals surface area contributed by atoms with Crippen LogP contribution in [0.4, 0.5) is 11.5 Å². The second-order valence-electron chi connectivity index (χ2n) is 4.21. The van der Waals surface area contributed by atoms with Gasteiger partial charge < -0.3 is 10.1 Å². The van der Waals surface area contributed by atoms with Crippen LogP contribution in [0.3, 0.4) is 0 Å². The van der Waals surface area contributed by atoms with Gasteiger partial charge in [0.25, 0.3) is 5.69 Å². The van der Waals surface area contributed by atoms with Gasteiger partial charge in [-0.3, -0.25) is 10.1 Å². The predicted molar refractivity (Wildman–Crippen MR) is 63.0 cm³/mol. The van der Waals surface area contributed by atoms with Crippen molar-refractivity contribution in [2.45, 2.75) is 31.9 Å². The van der Waals surface area contributed by atoms with Crippen molar-refractivity contribution in [3.63, 3.8) is 0 Å². The molecule has 1 saturated heterocycles. The first-order chi connectivity index (χ1) is 8.15. The number of pyridine rings is 1. The summed E-state index contributed by atoms with van der Waals surface area (Å²) in [7, 11) is 0. The molecule has 0 saturated carbocycles. The van der Waals surface area contributed by atoms with E-state index in [1.807, 2.05) is 6.92 Å². The molecule has 1 aromatic rings. The Morgan fingerprint density at radius 3 is 3.00 bits per heavy atom. The molecule has 0 spiro atoms. The van der Waals surface area contributed by atoms with E-state index in [0.29, 0.717) is 11.9 Å². The van der Waals surface area contributed by atoms with Gasteiger partial charge in [0.05, 0.1) is 11.0 Å². The minimum absolute atomic E-state index is 0.0101. The van der Waals surface area contributed by atoms with E-state index in [2.05, 4.69) is 10.3 Å². The van der Waals surface area contributed by atoms with E-state index >= 15 is 0 Å². The number of rotatable bonds is 3. The average molecular weight is 237 g/mol. The third-order valence-electron chi connectivity index (χ3n) is 2.80. The Bertz CT molecular complexity index is 393. The highest BCUT2D eigenvalue weighted by Crippen LogP contribution is 2.18. The first kappa shape index (κ1) is 11.8. The molecule has 6 nitrogen and oxygen atoms in total. The van der Waals surface area contributed by atoms with Crippen molar-refractivity contribution in [3.05, 3.63) is 28.4 Å². The molecule has 1 aromatic heterocycles. The molecule has 1 fully saturated rings. The molecule has 0 amide bonds. The van der Waals surface area contributed by atoms with E-state index in [0.717, 1.165) is 19.4 Å². The fraction of sp³-hybridized carbons (Fsp3) is 0.545. The van der Waals surface area contributed by atoms with Crippen LogP contribution in [-0.4, -0.2) is 28.7 Å². The standard InChI is InChI=1S/C11H15N3O3/c1-8-6-9(4-5-17-8)13-11-3-2-10(7-12-11)14(15)16/h2-3,7-9H,4-6H2,1H3,(H,12,13). The lowest BCUT2D eigenvalue weighted by Crippen LogP contribution is -2.32. The minimum atomic E-state index is -0.451. The maximum absolute atomic E-state index is 10.5.